The Balaban J connectivity index is 1.30. The molecule has 2 aliphatic carbocycles. The smallest absolute Gasteiger partial charge is 0.455 e. The lowest BCUT2D eigenvalue weighted by Gasteiger charge is -2.43. The van der Waals surface area contributed by atoms with Crippen LogP contribution in [0.3, 0.4) is 0 Å². The van der Waals surface area contributed by atoms with Gasteiger partial charge in [0, 0.05) is 6.04 Å². The summed E-state index contributed by atoms with van der Waals surface area (Å²) in [4.78, 5) is 29.3. The van der Waals surface area contributed by atoms with Crippen LogP contribution in [0.15, 0.2) is 59.7 Å². The van der Waals surface area contributed by atoms with Crippen molar-refractivity contribution in [1.29, 1.82) is 0 Å². The number of rotatable bonds is 7. The SMILES string of the molecule is CCC1=C2[C@@H](CC/C(=C/c3ccc(O)cc3Cl)c3ccccc3)OB(O)C[C@@H]2[C@@H]2C(=O)N(C3CCCCC3)C(=O)[C@@H]2C1. The number of hydrogen-bond donors (Lipinski definition) is 2. The molecule has 8 heteroatoms. The first-order chi connectivity index (χ1) is 20.4. The van der Waals surface area contributed by atoms with E-state index in [0.717, 1.165) is 60.8 Å². The Hall–Kier alpha value is -2.87. The van der Waals surface area contributed by atoms with Crippen molar-refractivity contribution in [2.45, 2.75) is 83.2 Å². The van der Waals surface area contributed by atoms with E-state index in [-0.39, 0.29) is 41.5 Å². The molecule has 2 aliphatic heterocycles. The van der Waals surface area contributed by atoms with Gasteiger partial charge >= 0.3 is 7.12 Å². The van der Waals surface area contributed by atoms with Gasteiger partial charge in [0.1, 0.15) is 5.75 Å². The number of allylic oxidation sites excluding steroid dienone is 2. The second-order valence-electron chi connectivity index (χ2n) is 12.3. The summed E-state index contributed by atoms with van der Waals surface area (Å²) in [7, 11) is -0.983. The lowest BCUT2D eigenvalue weighted by molar-refractivity contribution is -0.143. The minimum Gasteiger partial charge on any atom is -0.508 e. The highest BCUT2D eigenvalue weighted by Gasteiger charge is 2.58. The van der Waals surface area contributed by atoms with Gasteiger partial charge in [-0.25, -0.2) is 0 Å². The average molecular weight is 588 g/mol. The molecule has 2 saturated heterocycles. The number of carbonyl (C=O) groups is 2. The largest absolute Gasteiger partial charge is 0.508 e. The molecule has 2 aromatic rings. The van der Waals surface area contributed by atoms with Crippen molar-refractivity contribution < 1.29 is 24.4 Å². The minimum absolute atomic E-state index is 0.000458. The summed E-state index contributed by atoms with van der Waals surface area (Å²) in [6, 6.07) is 15.1. The van der Waals surface area contributed by atoms with Gasteiger partial charge in [-0.3, -0.25) is 14.5 Å². The van der Waals surface area contributed by atoms with Crippen LogP contribution in [0.25, 0.3) is 11.6 Å². The van der Waals surface area contributed by atoms with Gasteiger partial charge in [0.05, 0.1) is 23.0 Å². The maximum Gasteiger partial charge on any atom is 0.455 e. The van der Waals surface area contributed by atoms with E-state index in [1.165, 1.54) is 11.6 Å². The Labute approximate surface area is 253 Å². The minimum atomic E-state index is -0.983. The summed E-state index contributed by atoms with van der Waals surface area (Å²) in [6.07, 6.45) is 9.79. The van der Waals surface area contributed by atoms with E-state index >= 15 is 0 Å². The van der Waals surface area contributed by atoms with Gasteiger partial charge in [-0.05, 0) is 97.3 Å². The first-order valence-electron chi connectivity index (χ1n) is 15.5. The molecule has 0 bridgehead atoms. The number of phenols is 1. The summed E-state index contributed by atoms with van der Waals surface area (Å²) >= 11 is 6.47. The van der Waals surface area contributed by atoms with Crippen molar-refractivity contribution in [2.24, 2.45) is 17.8 Å². The number of benzene rings is 2. The Morgan fingerprint density at radius 1 is 1.07 bits per heavy atom. The molecule has 2 N–H and O–H groups in total. The topological polar surface area (TPSA) is 87.1 Å². The monoisotopic (exact) mass is 587 g/mol. The Kier molecular flexibility index (Phi) is 8.62. The molecule has 42 heavy (non-hydrogen) atoms. The summed E-state index contributed by atoms with van der Waals surface area (Å²) in [5, 5.41) is 21.2. The fraction of sp³-hybridized carbons (Fsp3) is 0.471. The molecule has 0 spiro atoms. The van der Waals surface area contributed by atoms with Gasteiger partial charge in [-0.2, -0.15) is 0 Å². The van der Waals surface area contributed by atoms with E-state index in [2.05, 4.69) is 19.1 Å². The zero-order valence-electron chi connectivity index (χ0n) is 24.2. The molecule has 1 saturated carbocycles. The van der Waals surface area contributed by atoms with Crippen molar-refractivity contribution >= 4 is 42.2 Å². The molecule has 0 aromatic heterocycles. The molecule has 6 rings (SSSR count). The maximum atomic E-state index is 13.9. The molecular weight excluding hydrogens is 549 g/mol. The molecule has 4 atom stereocenters. The zero-order valence-corrected chi connectivity index (χ0v) is 24.9. The number of carbonyl (C=O) groups excluding carboxylic acids is 2. The number of halogens is 1. The van der Waals surface area contributed by atoms with Crippen LogP contribution in [-0.4, -0.2) is 46.1 Å². The quantitative estimate of drug-likeness (QED) is 0.159. The number of amides is 2. The van der Waals surface area contributed by atoms with E-state index in [9.17, 15) is 19.7 Å². The van der Waals surface area contributed by atoms with E-state index < -0.39 is 13.0 Å². The highest BCUT2D eigenvalue weighted by Crippen LogP contribution is 2.52. The van der Waals surface area contributed by atoms with Crippen molar-refractivity contribution in [1.82, 2.24) is 4.90 Å². The lowest BCUT2D eigenvalue weighted by Crippen LogP contribution is -2.46. The predicted molar refractivity (Wildman–Crippen MR) is 165 cm³/mol. The molecule has 3 fully saturated rings. The number of phenolic OH excluding ortho intramolecular Hbond substituents is 1. The first kappa shape index (κ1) is 29.2. The number of fused-ring (bicyclic) bond motifs is 3. The molecule has 4 aliphatic rings. The van der Waals surface area contributed by atoms with Crippen molar-refractivity contribution in [3.63, 3.8) is 0 Å². The van der Waals surface area contributed by atoms with Crippen molar-refractivity contribution in [3.8, 4) is 5.75 Å². The van der Waals surface area contributed by atoms with Gasteiger partial charge in [-0.15, -0.1) is 0 Å². The first-order valence-corrected chi connectivity index (χ1v) is 15.9. The van der Waals surface area contributed by atoms with E-state index in [1.54, 1.807) is 17.0 Å². The molecule has 2 amide bonds. The predicted octanol–water partition coefficient (Wildman–Crippen LogP) is 6.91. The third kappa shape index (κ3) is 5.59. The number of aromatic hydroxyl groups is 1. The molecule has 220 valence electrons. The number of hydrogen-bond acceptors (Lipinski definition) is 5. The van der Waals surface area contributed by atoms with Crippen LogP contribution in [0.4, 0.5) is 0 Å². The van der Waals surface area contributed by atoms with Crippen LogP contribution < -0.4 is 0 Å². The van der Waals surface area contributed by atoms with E-state index in [4.69, 9.17) is 16.3 Å². The number of imide groups is 1. The highest BCUT2D eigenvalue weighted by molar-refractivity contribution is 6.43. The standard InChI is InChI=1S/C34H39BClNO5/c1-2-21-18-27-32(34(40)37(33(27)39)25-11-7-4-8-12-25)28-20-35(41)42-30(31(21)28)16-14-23(22-9-5-3-6-10-22)17-24-13-15-26(38)19-29(24)36/h3,5-6,9-10,13,15,17,19,25,27-28,30,32,38,41H,2,4,7-8,11-12,14,16,18,20H2,1H3/b23-17-/t27-,28+,30-,32-/m1/s1. The molecule has 2 heterocycles. The van der Waals surface area contributed by atoms with Crippen LogP contribution in [0, 0.1) is 17.8 Å². The van der Waals surface area contributed by atoms with Crippen LogP contribution >= 0.6 is 11.6 Å². The summed E-state index contributed by atoms with van der Waals surface area (Å²) < 4.78 is 6.22. The summed E-state index contributed by atoms with van der Waals surface area (Å²) in [5.74, 6) is -0.844. The fourth-order valence-electron chi connectivity index (χ4n) is 7.89. The third-order valence-electron chi connectivity index (χ3n) is 9.84. The molecular formula is C34H39BClNO5. The zero-order chi connectivity index (χ0) is 29.4. The van der Waals surface area contributed by atoms with Crippen LogP contribution in [0.2, 0.25) is 11.3 Å². The van der Waals surface area contributed by atoms with Gasteiger partial charge in [0.25, 0.3) is 0 Å². The van der Waals surface area contributed by atoms with E-state index in [1.807, 2.05) is 24.3 Å². The van der Waals surface area contributed by atoms with Gasteiger partial charge in [0.2, 0.25) is 11.8 Å². The third-order valence-corrected chi connectivity index (χ3v) is 10.2. The Bertz CT molecular complexity index is 1400. The summed E-state index contributed by atoms with van der Waals surface area (Å²) in [6.45, 7) is 2.12. The van der Waals surface area contributed by atoms with Crippen molar-refractivity contribution in [3.05, 3.63) is 75.8 Å². The van der Waals surface area contributed by atoms with Crippen molar-refractivity contribution in [2.75, 3.05) is 0 Å². The summed E-state index contributed by atoms with van der Waals surface area (Å²) in [5.41, 5.74) is 5.26. The van der Waals surface area contributed by atoms with Crippen LogP contribution in [0.1, 0.15) is 75.8 Å². The van der Waals surface area contributed by atoms with Gasteiger partial charge in [-0.1, -0.05) is 73.7 Å². The number of likely N-dealkylation sites (tertiary alicyclic amines) is 1. The molecule has 2 aromatic carbocycles. The lowest BCUT2D eigenvalue weighted by atomic mass is 9.58. The second kappa shape index (κ2) is 12.4. The second-order valence-corrected chi connectivity index (χ2v) is 12.7. The fourth-order valence-corrected chi connectivity index (χ4v) is 8.11. The highest BCUT2D eigenvalue weighted by atomic mass is 35.5. The van der Waals surface area contributed by atoms with Gasteiger partial charge in [0.15, 0.2) is 0 Å². The van der Waals surface area contributed by atoms with Gasteiger partial charge < -0.3 is 14.8 Å². The van der Waals surface area contributed by atoms with Crippen LogP contribution in [-0.2, 0) is 14.2 Å². The Morgan fingerprint density at radius 3 is 2.55 bits per heavy atom. The molecule has 0 unspecified atom stereocenters. The Morgan fingerprint density at radius 2 is 1.83 bits per heavy atom. The average Bonchev–Trinajstić information content (AvgIpc) is 3.25. The number of nitrogens with zero attached hydrogens (tertiary/aromatic N) is 1. The van der Waals surface area contributed by atoms with E-state index in [0.29, 0.717) is 30.6 Å². The maximum absolute atomic E-state index is 13.9. The normalized spacial score (nSPS) is 27.0. The molecule has 6 nitrogen and oxygen atoms in total. The molecule has 0 radical (unpaired) electrons. The van der Waals surface area contributed by atoms with Crippen LogP contribution in [0.5, 0.6) is 5.75 Å².